The first-order chi connectivity index (χ1) is 6.75. The SMILES string of the molecule is C#CCCNCc1ccsc1C(=O)O. The first-order valence-corrected chi connectivity index (χ1v) is 5.07. The molecule has 0 aromatic carbocycles. The molecule has 0 bridgehead atoms. The summed E-state index contributed by atoms with van der Waals surface area (Å²) >= 11 is 1.24. The van der Waals surface area contributed by atoms with Gasteiger partial charge in [0.25, 0.3) is 0 Å². The smallest absolute Gasteiger partial charge is 0.346 e. The number of carboxylic acid groups (broad SMARTS) is 1. The second-order valence-electron chi connectivity index (χ2n) is 2.71. The molecule has 14 heavy (non-hydrogen) atoms. The predicted molar refractivity (Wildman–Crippen MR) is 56.4 cm³/mol. The van der Waals surface area contributed by atoms with Crippen molar-refractivity contribution in [1.29, 1.82) is 0 Å². The van der Waals surface area contributed by atoms with Crippen molar-refractivity contribution in [3.63, 3.8) is 0 Å². The topological polar surface area (TPSA) is 49.3 Å². The van der Waals surface area contributed by atoms with Crippen LogP contribution in [0.5, 0.6) is 0 Å². The molecule has 0 aliphatic carbocycles. The Morgan fingerprint density at radius 1 is 1.71 bits per heavy atom. The van der Waals surface area contributed by atoms with Crippen molar-refractivity contribution in [2.24, 2.45) is 0 Å². The maximum Gasteiger partial charge on any atom is 0.346 e. The van der Waals surface area contributed by atoms with Crippen LogP contribution < -0.4 is 5.32 Å². The first-order valence-electron chi connectivity index (χ1n) is 4.19. The van der Waals surface area contributed by atoms with E-state index in [0.29, 0.717) is 24.4 Å². The predicted octanol–water partition coefficient (Wildman–Crippen LogP) is 1.56. The highest BCUT2D eigenvalue weighted by molar-refractivity contribution is 7.12. The molecule has 0 atom stereocenters. The molecule has 2 N–H and O–H groups in total. The molecule has 0 aliphatic rings. The van der Waals surface area contributed by atoms with Gasteiger partial charge in [-0.05, 0) is 17.0 Å². The van der Waals surface area contributed by atoms with Crippen LogP contribution in [0, 0.1) is 12.3 Å². The van der Waals surface area contributed by atoms with Crippen molar-refractivity contribution in [3.05, 3.63) is 21.9 Å². The Labute approximate surface area is 86.8 Å². The third kappa shape index (κ3) is 2.87. The molecule has 4 heteroatoms. The van der Waals surface area contributed by atoms with Crippen LogP contribution in [0.4, 0.5) is 0 Å². The zero-order valence-electron chi connectivity index (χ0n) is 7.62. The molecular weight excluding hydrogens is 198 g/mol. The number of terminal acetylenes is 1. The van der Waals surface area contributed by atoms with Gasteiger partial charge in [-0.3, -0.25) is 0 Å². The molecule has 1 aromatic heterocycles. The Kier molecular flexibility index (Phi) is 4.17. The van der Waals surface area contributed by atoms with E-state index in [1.165, 1.54) is 11.3 Å². The Hall–Kier alpha value is -1.31. The molecule has 0 unspecified atom stereocenters. The molecule has 1 heterocycles. The number of aromatic carboxylic acids is 1. The van der Waals surface area contributed by atoms with Gasteiger partial charge in [0.05, 0.1) is 0 Å². The highest BCUT2D eigenvalue weighted by Crippen LogP contribution is 2.16. The van der Waals surface area contributed by atoms with Crippen LogP contribution in [0.3, 0.4) is 0 Å². The van der Waals surface area contributed by atoms with Crippen molar-refractivity contribution in [1.82, 2.24) is 5.32 Å². The summed E-state index contributed by atoms with van der Waals surface area (Å²) in [6, 6.07) is 1.82. The molecule has 0 saturated carbocycles. The lowest BCUT2D eigenvalue weighted by molar-refractivity contribution is 0.0701. The van der Waals surface area contributed by atoms with Crippen molar-refractivity contribution >= 4 is 17.3 Å². The molecular formula is C10H11NO2S. The Morgan fingerprint density at radius 2 is 2.50 bits per heavy atom. The number of hydrogen-bond donors (Lipinski definition) is 2. The van der Waals surface area contributed by atoms with E-state index in [-0.39, 0.29) is 0 Å². The highest BCUT2D eigenvalue weighted by atomic mass is 32.1. The fourth-order valence-corrected chi connectivity index (χ4v) is 1.81. The Balaban J connectivity index is 2.47. The van der Waals surface area contributed by atoms with Crippen molar-refractivity contribution in [2.45, 2.75) is 13.0 Å². The highest BCUT2D eigenvalue weighted by Gasteiger charge is 2.10. The van der Waals surface area contributed by atoms with Crippen molar-refractivity contribution in [3.8, 4) is 12.3 Å². The van der Waals surface area contributed by atoms with E-state index in [1.807, 2.05) is 6.07 Å². The number of carboxylic acids is 1. The molecule has 74 valence electrons. The van der Waals surface area contributed by atoms with Gasteiger partial charge < -0.3 is 10.4 Å². The summed E-state index contributed by atoms with van der Waals surface area (Å²) in [6.07, 6.45) is 5.74. The summed E-state index contributed by atoms with van der Waals surface area (Å²) in [5.41, 5.74) is 0.819. The molecule has 0 radical (unpaired) electrons. The minimum Gasteiger partial charge on any atom is -0.477 e. The van der Waals surface area contributed by atoms with Crippen LogP contribution in [-0.2, 0) is 6.54 Å². The Bertz CT molecular complexity index is 351. The summed E-state index contributed by atoms with van der Waals surface area (Å²) < 4.78 is 0. The number of thiophene rings is 1. The van der Waals surface area contributed by atoms with E-state index >= 15 is 0 Å². The molecule has 1 aromatic rings. The third-order valence-electron chi connectivity index (χ3n) is 1.70. The van der Waals surface area contributed by atoms with E-state index in [0.717, 1.165) is 5.56 Å². The van der Waals surface area contributed by atoms with Crippen LogP contribution in [-0.4, -0.2) is 17.6 Å². The van der Waals surface area contributed by atoms with Gasteiger partial charge in [0, 0.05) is 19.5 Å². The van der Waals surface area contributed by atoms with E-state index in [1.54, 1.807) is 5.38 Å². The van der Waals surface area contributed by atoms with Crippen LogP contribution >= 0.6 is 11.3 Å². The largest absolute Gasteiger partial charge is 0.477 e. The fourth-order valence-electron chi connectivity index (χ4n) is 1.05. The number of carbonyl (C=O) groups is 1. The second-order valence-corrected chi connectivity index (χ2v) is 3.63. The maximum atomic E-state index is 10.7. The van der Waals surface area contributed by atoms with Gasteiger partial charge in [-0.1, -0.05) is 0 Å². The van der Waals surface area contributed by atoms with Gasteiger partial charge in [-0.25, -0.2) is 4.79 Å². The lowest BCUT2D eigenvalue weighted by Gasteiger charge is -2.01. The van der Waals surface area contributed by atoms with Crippen LogP contribution in [0.25, 0.3) is 0 Å². The molecule has 0 amide bonds. The van der Waals surface area contributed by atoms with Gasteiger partial charge in [0.1, 0.15) is 4.88 Å². The standard InChI is InChI=1S/C10H11NO2S/c1-2-3-5-11-7-8-4-6-14-9(8)10(12)13/h1,4,6,11H,3,5,7H2,(H,12,13). The monoisotopic (exact) mass is 209 g/mol. The summed E-state index contributed by atoms with van der Waals surface area (Å²) in [7, 11) is 0. The minimum atomic E-state index is -0.867. The first kappa shape index (κ1) is 10.8. The molecule has 0 spiro atoms. The van der Waals surface area contributed by atoms with E-state index < -0.39 is 5.97 Å². The van der Waals surface area contributed by atoms with Gasteiger partial charge in [0.15, 0.2) is 0 Å². The van der Waals surface area contributed by atoms with Gasteiger partial charge in [0.2, 0.25) is 0 Å². The Morgan fingerprint density at radius 3 is 3.14 bits per heavy atom. The number of rotatable bonds is 5. The normalized spacial score (nSPS) is 9.64. The van der Waals surface area contributed by atoms with Gasteiger partial charge >= 0.3 is 5.97 Å². The van der Waals surface area contributed by atoms with E-state index in [9.17, 15) is 4.79 Å². The van der Waals surface area contributed by atoms with Gasteiger partial charge in [-0.15, -0.1) is 23.7 Å². The lowest BCUT2D eigenvalue weighted by Crippen LogP contribution is -2.15. The molecule has 0 fully saturated rings. The molecule has 0 saturated heterocycles. The van der Waals surface area contributed by atoms with Crippen LogP contribution in [0.2, 0.25) is 0 Å². The van der Waals surface area contributed by atoms with Gasteiger partial charge in [-0.2, -0.15) is 0 Å². The summed E-state index contributed by atoms with van der Waals surface area (Å²) in [5, 5.41) is 13.7. The summed E-state index contributed by atoms with van der Waals surface area (Å²) in [4.78, 5) is 11.1. The maximum absolute atomic E-state index is 10.7. The molecule has 3 nitrogen and oxygen atoms in total. The summed E-state index contributed by atoms with van der Waals surface area (Å²) in [6.45, 7) is 1.28. The minimum absolute atomic E-state index is 0.401. The van der Waals surface area contributed by atoms with E-state index in [2.05, 4.69) is 11.2 Å². The zero-order chi connectivity index (χ0) is 10.4. The van der Waals surface area contributed by atoms with Crippen molar-refractivity contribution < 1.29 is 9.90 Å². The second kappa shape index (κ2) is 5.43. The molecule has 0 aliphatic heterocycles. The zero-order valence-corrected chi connectivity index (χ0v) is 8.43. The average molecular weight is 209 g/mol. The summed E-state index contributed by atoms with van der Waals surface area (Å²) in [5.74, 6) is 1.64. The van der Waals surface area contributed by atoms with Crippen LogP contribution in [0.15, 0.2) is 11.4 Å². The molecule has 1 rings (SSSR count). The average Bonchev–Trinajstić information content (AvgIpc) is 2.60. The fraction of sp³-hybridized carbons (Fsp3) is 0.300. The van der Waals surface area contributed by atoms with Crippen LogP contribution in [0.1, 0.15) is 21.7 Å². The quantitative estimate of drug-likeness (QED) is 0.571. The van der Waals surface area contributed by atoms with E-state index in [4.69, 9.17) is 11.5 Å². The number of nitrogens with one attached hydrogen (secondary N) is 1. The lowest BCUT2D eigenvalue weighted by atomic mass is 10.2. The number of hydrogen-bond acceptors (Lipinski definition) is 3. The van der Waals surface area contributed by atoms with Crippen molar-refractivity contribution in [2.75, 3.05) is 6.54 Å². The third-order valence-corrected chi connectivity index (χ3v) is 2.65.